The van der Waals surface area contributed by atoms with Crippen LogP contribution in [-0.4, -0.2) is 54.4 Å². The molecular weight excluding hydrogens is 249 g/mol. The van der Waals surface area contributed by atoms with E-state index in [1.807, 2.05) is 5.32 Å². The number of rotatable bonds is 5. The van der Waals surface area contributed by atoms with Crippen LogP contribution in [0.3, 0.4) is 0 Å². The number of halogens is 3. The second-order valence-corrected chi connectivity index (χ2v) is 4.90. The van der Waals surface area contributed by atoms with Gasteiger partial charge in [0.1, 0.15) is 0 Å². The minimum Gasteiger partial charge on any atom is -0.388 e. The van der Waals surface area contributed by atoms with Gasteiger partial charge in [-0.05, 0) is 12.8 Å². The summed E-state index contributed by atoms with van der Waals surface area (Å²) in [5.74, 6) is -0.445. The number of hydrogen-bond acceptors (Lipinski definition) is 3. The van der Waals surface area contributed by atoms with Gasteiger partial charge in [0.15, 0.2) is 0 Å². The summed E-state index contributed by atoms with van der Waals surface area (Å²) >= 11 is 0. The zero-order valence-corrected chi connectivity index (χ0v) is 10.4. The molecule has 0 bridgehead atoms. The monoisotopic (exact) mass is 268 g/mol. The Morgan fingerprint density at radius 3 is 2.44 bits per heavy atom. The maximum atomic E-state index is 11.9. The highest BCUT2D eigenvalue weighted by atomic mass is 19.4. The van der Waals surface area contributed by atoms with E-state index >= 15 is 0 Å². The first-order valence-electron chi connectivity index (χ1n) is 5.96. The minimum atomic E-state index is -4.32. The van der Waals surface area contributed by atoms with Crippen molar-refractivity contribution in [2.75, 3.05) is 26.7 Å². The Morgan fingerprint density at radius 1 is 1.39 bits per heavy atom. The normalized spacial score (nSPS) is 18.9. The minimum absolute atomic E-state index is 0.180. The summed E-state index contributed by atoms with van der Waals surface area (Å²) in [6, 6.07) is 0. The molecule has 0 atom stereocenters. The van der Waals surface area contributed by atoms with E-state index in [0.717, 1.165) is 12.8 Å². The molecule has 1 saturated carbocycles. The summed E-state index contributed by atoms with van der Waals surface area (Å²) in [6.45, 7) is -1.37. The lowest BCUT2D eigenvalue weighted by molar-refractivity contribution is -0.135. The highest BCUT2D eigenvalue weighted by molar-refractivity contribution is 5.78. The number of carbonyl (C=O) groups is 1. The average Bonchev–Trinajstić information content (AvgIpc) is 2.62. The van der Waals surface area contributed by atoms with Crippen molar-refractivity contribution in [3.63, 3.8) is 0 Å². The molecular formula is C11H19F3N2O2. The summed E-state index contributed by atoms with van der Waals surface area (Å²) in [6.07, 6.45) is -1.20. The van der Waals surface area contributed by atoms with E-state index in [-0.39, 0.29) is 13.1 Å². The molecule has 18 heavy (non-hydrogen) atoms. The molecule has 0 aromatic carbocycles. The third kappa shape index (κ3) is 5.22. The molecule has 1 rings (SSSR count). The van der Waals surface area contributed by atoms with Gasteiger partial charge >= 0.3 is 6.18 Å². The largest absolute Gasteiger partial charge is 0.401 e. The topological polar surface area (TPSA) is 52.6 Å². The van der Waals surface area contributed by atoms with Crippen molar-refractivity contribution in [3.8, 4) is 0 Å². The number of likely N-dealkylation sites (N-methyl/N-ethyl adjacent to an activating group) is 1. The Morgan fingerprint density at radius 2 is 1.94 bits per heavy atom. The molecule has 0 saturated heterocycles. The molecule has 0 spiro atoms. The van der Waals surface area contributed by atoms with E-state index in [0.29, 0.717) is 12.8 Å². The number of amides is 1. The van der Waals surface area contributed by atoms with Gasteiger partial charge in [0.05, 0.1) is 18.7 Å². The molecule has 7 heteroatoms. The number of carbonyl (C=O) groups excluding carboxylic acids is 1. The van der Waals surface area contributed by atoms with Gasteiger partial charge in [-0.15, -0.1) is 0 Å². The smallest absolute Gasteiger partial charge is 0.388 e. The van der Waals surface area contributed by atoms with Crippen molar-refractivity contribution < 1.29 is 23.1 Å². The molecule has 0 aromatic heterocycles. The van der Waals surface area contributed by atoms with Gasteiger partial charge in [0, 0.05) is 13.6 Å². The van der Waals surface area contributed by atoms with Crippen molar-refractivity contribution >= 4 is 5.91 Å². The van der Waals surface area contributed by atoms with Gasteiger partial charge in [-0.1, -0.05) is 12.8 Å². The van der Waals surface area contributed by atoms with Gasteiger partial charge < -0.3 is 15.3 Å². The third-order valence-corrected chi connectivity index (χ3v) is 3.09. The first-order valence-corrected chi connectivity index (χ1v) is 5.96. The fourth-order valence-corrected chi connectivity index (χ4v) is 2.17. The average molecular weight is 268 g/mol. The van der Waals surface area contributed by atoms with Gasteiger partial charge in [-0.3, -0.25) is 4.79 Å². The fourth-order valence-electron chi connectivity index (χ4n) is 2.17. The Balaban J connectivity index is 2.28. The van der Waals surface area contributed by atoms with E-state index in [1.165, 1.54) is 11.9 Å². The van der Waals surface area contributed by atoms with Gasteiger partial charge in [0.25, 0.3) is 0 Å². The van der Waals surface area contributed by atoms with E-state index in [4.69, 9.17) is 0 Å². The molecule has 4 nitrogen and oxygen atoms in total. The quantitative estimate of drug-likeness (QED) is 0.779. The van der Waals surface area contributed by atoms with Gasteiger partial charge in [-0.25, -0.2) is 0 Å². The summed E-state index contributed by atoms with van der Waals surface area (Å²) < 4.78 is 35.6. The molecule has 0 radical (unpaired) electrons. The first-order chi connectivity index (χ1) is 8.22. The highest BCUT2D eigenvalue weighted by Crippen LogP contribution is 2.29. The molecule has 106 valence electrons. The van der Waals surface area contributed by atoms with Crippen molar-refractivity contribution in [3.05, 3.63) is 0 Å². The SMILES string of the molecule is CN(CC1(O)CCCC1)C(=O)CNCC(F)(F)F. The Labute approximate surface area is 104 Å². The standard InChI is InChI=1S/C11H19F3N2O2/c1-16(8-10(18)4-2-3-5-10)9(17)6-15-7-11(12,13)14/h15,18H,2-8H2,1H3. The van der Waals surface area contributed by atoms with E-state index in [1.54, 1.807) is 0 Å². The molecule has 0 aromatic rings. The molecule has 1 amide bonds. The number of aliphatic hydroxyl groups is 1. The first kappa shape index (κ1) is 15.2. The second kappa shape index (κ2) is 5.88. The number of nitrogens with zero attached hydrogens (tertiary/aromatic N) is 1. The summed E-state index contributed by atoms with van der Waals surface area (Å²) in [5.41, 5.74) is -0.867. The van der Waals surface area contributed by atoms with Crippen LogP contribution >= 0.6 is 0 Å². The predicted octanol–water partition coefficient (Wildman–Crippen LogP) is 0.902. The van der Waals surface area contributed by atoms with Crippen LogP contribution in [0.2, 0.25) is 0 Å². The maximum Gasteiger partial charge on any atom is 0.401 e. The van der Waals surface area contributed by atoms with Crippen molar-refractivity contribution in [1.29, 1.82) is 0 Å². The molecule has 0 heterocycles. The van der Waals surface area contributed by atoms with E-state index in [9.17, 15) is 23.1 Å². The van der Waals surface area contributed by atoms with Crippen LogP contribution in [-0.2, 0) is 4.79 Å². The summed E-state index contributed by atoms with van der Waals surface area (Å²) in [7, 11) is 1.49. The van der Waals surface area contributed by atoms with Crippen molar-refractivity contribution in [2.45, 2.75) is 37.5 Å². The number of nitrogens with one attached hydrogen (secondary N) is 1. The molecule has 1 aliphatic rings. The fraction of sp³-hybridized carbons (Fsp3) is 0.909. The summed E-state index contributed by atoms with van der Waals surface area (Å²) in [4.78, 5) is 12.8. The second-order valence-electron chi connectivity index (χ2n) is 4.90. The molecule has 0 unspecified atom stereocenters. The predicted molar refractivity (Wildman–Crippen MR) is 60.0 cm³/mol. The van der Waals surface area contributed by atoms with Crippen molar-refractivity contribution in [1.82, 2.24) is 10.2 Å². The van der Waals surface area contributed by atoms with Crippen LogP contribution in [0.1, 0.15) is 25.7 Å². The van der Waals surface area contributed by atoms with E-state index < -0.39 is 24.2 Å². The molecule has 2 N–H and O–H groups in total. The van der Waals surface area contributed by atoms with Gasteiger partial charge in [0.2, 0.25) is 5.91 Å². The maximum absolute atomic E-state index is 11.9. The highest BCUT2D eigenvalue weighted by Gasteiger charge is 2.33. The number of alkyl halides is 3. The molecule has 1 aliphatic carbocycles. The Kier molecular flexibility index (Phi) is 4.98. The lowest BCUT2D eigenvalue weighted by atomic mass is 10.0. The number of hydrogen-bond donors (Lipinski definition) is 2. The van der Waals surface area contributed by atoms with Crippen LogP contribution in [0.4, 0.5) is 13.2 Å². The third-order valence-electron chi connectivity index (χ3n) is 3.09. The molecule has 1 fully saturated rings. The van der Waals surface area contributed by atoms with Gasteiger partial charge in [-0.2, -0.15) is 13.2 Å². The van der Waals surface area contributed by atoms with Crippen LogP contribution in [0.15, 0.2) is 0 Å². The zero-order valence-electron chi connectivity index (χ0n) is 10.4. The van der Waals surface area contributed by atoms with E-state index in [2.05, 4.69) is 0 Å². The lowest BCUT2D eigenvalue weighted by Crippen LogP contribution is -2.45. The molecule has 0 aliphatic heterocycles. The lowest BCUT2D eigenvalue weighted by Gasteiger charge is -2.28. The Bertz CT molecular complexity index is 289. The zero-order chi connectivity index (χ0) is 13.8. The van der Waals surface area contributed by atoms with Crippen LogP contribution in [0, 0.1) is 0 Å². The van der Waals surface area contributed by atoms with Crippen LogP contribution < -0.4 is 5.32 Å². The van der Waals surface area contributed by atoms with Crippen molar-refractivity contribution in [2.24, 2.45) is 0 Å². The van der Waals surface area contributed by atoms with Crippen LogP contribution in [0.25, 0.3) is 0 Å². The van der Waals surface area contributed by atoms with Crippen LogP contribution in [0.5, 0.6) is 0 Å². The Hall–Kier alpha value is -0.820. The summed E-state index contributed by atoms with van der Waals surface area (Å²) in [5, 5.41) is 12.1.